The molecule has 0 aliphatic heterocycles. The van der Waals surface area contributed by atoms with Gasteiger partial charge in [0, 0.05) is 30.0 Å². The van der Waals surface area contributed by atoms with E-state index in [1.807, 2.05) is 42.5 Å². The molecule has 0 aromatic heterocycles. The molecule has 0 saturated heterocycles. The van der Waals surface area contributed by atoms with E-state index in [-0.39, 0.29) is 18.7 Å². The van der Waals surface area contributed by atoms with E-state index in [0.29, 0.717) is 23.6 Å². The van der Waals surface area contributed by atoms with E-state index in [4.69, 9.17) is 14.2 Å². The second-order valence-electron chi connectivity index (χ2n) is 7.20. The van der Waals surface area contributed by atoms with Crippen LogP contribution < -0.4 is 20.1 Å². The average molecular weight is 450 g/mol. The van der Waals surface area contributed by atoms with E-state index in [1.165, 1.54) is 14.2 Å². The van der Waals surface area contributed by atoms with Gasteiger partial charge in [-0.2, -0.15) is 0 Å². The molecule has 0 aliphatic carbocycles. The van der Waals surface area contributed by atoms with Crippen molar-refractivity contribution >= 4 is 39.9 Å². The molecule has 0 heterocycles. The number of rotatable bonds is 10. The van der Waals surface area contributed by atoms with Crippen LogP contribution in [0.5, 0.6) is 11.5 Å². The molecular weight excluding hydrogens is 424 g/mol. The number of fused-ring (bicyclic) bond motifs is 1. The standard InChI is InChI=1S/C25H26N2O6/c1-31-18-13-14-21(22(15-18)32-2)27-24(29)16-33-25(30)12-6-11-23(28)26-20-10-5-8-17-7-3-4-9-19(17)20/h3-5,7-10,13-15H,6,11-12,16H2,1-2H3,(H,26,28)(H,27,29). The number of hydrogen-bond donors (Lipinski definition) is 2. The minimum atomic E-state index is -0.551. The Balaban J connectivity index is 1.40. The summed E-state index contributed by atoms with van der Waals surface area (Å²) >= 11 is 0. The fourth-order valence-electron chi connectivity index (χ4n) is 3.25. The van der Waals surface area contributed by atoms with Crippen molar-refractivity contribution in [2.75, 3.05) is 31.5 Å². The van der Waals surface area contributed by atoms with Gasteiger partial charge in [-0.25, -0.2) is 0 Å². The zero-order valence-electron chi connectivity index (χ0n) is 18.6. The van der Waals surface area contributed by atoms with Gasteiger partial charge in [-0.15, -0.1) is 0 Å². The molecule has 2 amide bonds. The third kappa shape index (κ3) is 6.70. The zero-order valence-corrected chi connectivity index (χ0v) is 18.6. The van der Waals surface area contributed by atoms with Crippen molar-refractivity contribution in [3.63, 3.8) is 0 Å². The summed E-state index contributed by atoms with van der Waals surface area (Å²) in [7, 11) is 3.00. The summed E-state index contributed by atoms with van der Waals surface area (Å²) < 4.78 is 15.3. The maximum Gasteiger partial charge on any atom is 0.306 e. The van der Waals surface area contributed by atoms with Gasteiger partial charge in [-0.05, 0) is 30.0 Å². The highest BCUT2D eigenvalue weighted by Gasteiger charge is 2.12. The Bertz CT molecular complexity index is 1140. The fraction of sp³-hybridized carbons (Fsp3) is 0.240. The minimum absolute atomic E-state index is 0.0299. The number of carbonyl (C=O) groups excluding carboxylic acids is 3. The number of anilines is 2. The molecule has 0 unspecified atom stereocenters. The summed E-state index contributed by atoms with van der Waals surface area (Å²) in [6.07, 6.45) is 0.499. The van der Waals surface area contributed by atoms with Gasteiger partial charge in [-0.3, -0.25) is 14.4 Å². The first-order valence-corrected chi connectivity index (χ1v) is 10.4. The largest absolute Gasteiger partial charge is 0.497 e. The molecule has 0 saturated carbocycles. The quantitative estimate of drug-likeness (QED) is 0.450. The molecule has 0 spiro atoms. The summed E-state index contributed by atoms with van der Waals surface area (Å²) in [6, 6.07) is 18.4. The van der Waals surface area contributed by atoms with Gasteiger partial charge < -0.3 is 24.8 Å². The first-order chi connectivity index (χ1) is 16.0. The number of amides is 2. The zero-order chi connectivity index (χ0) is 23.6. The van der Waals surface area contributed by atoms with Crippen molar-refractivity contribution < 1.29 is 28.6 Å². The number of esters is 1. The Kier molecular flexibility index (Phi) is 8.24. The van der Waals surface area contributed by atoms with Crippen LogP contribution >= 0.6 is 0 Å². The van der Waals surface area contributed by atoms with Crippen LogP contribution in [0.25, 0.3) is 10.8 Å². The van der Waals surface area contributed by atoms with E-state index in [2.05, 4.69) is 10.6 Å². The summed E-state index contributed by atoms with van der Waals surface area (Å²) in [5, 5.41) is 7.49. The molecular formula is C25H26N2O6. The second-order valence-corrected chi connectivity index (χ2v) is 7.20. The second kappa shape index (κ2) is 11.5. The topological polar surface area (TPSA) is 103 Å². The number of hydrogen-bond acceptors (Lipinski definition) is 6. The van der Waals surface area contributed by atoms with Crippen LogP contribution in [0.2, 0.25) is 0 Å². The number of benzene rings is 3. The van der Waals surface area contributed by atoms with Gasteiger partial charge in [-0.1, -0.05) is 36.4 Å². The Labute approximate surface area is 191 Å². The average Bonchev–Trinajstić information content (AvgIpc) is 2.83. The van der Waals surface area contributed by atoms with Crippen molar-refractivity contribution in [2.24, 2.45) is 0 Å². The van der Waals surface area contributed by atoms with Gasteiger partial charge in [0.1, 0.15) is 11.5 Å². The first-order valence-electron chi connectivity index (χ1n) is 10.4. The third-order valence-electron chi connectivity index (χ3n) is 4.90. The Hall–Kier alpha value is -4.07. The van der Waals surface area contributed by atoms with Gasteiger partial charge in [0.2, 0.25) is 5.91 Å². The van der Waals surface area contributed by atoms with E-state index < -0.39 is 18.5 Å². The number of ether oxygens (including phenoxy) is 3. The molecule has 0 radical (unpaired) electrons. The predicted molar refractivity (Wildman–Crippen MR) is 126 cm³/mol. The van der Waals surface area contributed by atoms with E-state index in [1.54, 1.807) is 18.2 Å². The molecule has 3 rings (SSSR count). The molecule has 172 valence electrons. The highest BCUT2D eigenvalue weighted by Crippen LogP contribution is 2.29. The highest BCUT2D eigenvalue weighted by molar-refractivity contribution is 6.02. The van der Waals surface area contributed by atoms with Crippen molar-refractivity contribution in [3.8, 4) is 11.5 Å². The molecule has 0 atom stereocenters. The normalized spacial score (nSPS) is 10.4. The lowest BCUT2D eigenvalue weighted by Gasteiger charge is -2.12. The molecule has 0 aliphatic rings. The third-order valence-corrected chi connectivity index (χ3v) is 4.90. The number of carbonyl (C=O) groups is 3. The van der Waals surface area contributed by atoms with Gasteiger partial charge in [0.15, 0.2) is 6.61 Å². The lowest BCUT2D eigenvalue weighted by molar-refractivity contribution is -0.147. The van der Waals surface area contributed by atoms with E-state index >= 15 is 0 Å². The van der Waals surface area contributed by atoms with Crippen molar-refractivity contribution in [2.45, 2.75) is 19.3 Å². The summed E-state index contributed by atoms with van der Waals surface area (Å²) in [5.74, 6) is -0.235. The Morgan fingerprint density at radius 1 is 0.788 bits per heavy atom. The van der Waals surface area contributed by atoms with Gasteiger partial charge >= 0.3 is 5.97 Å². The van der Waals surface area contributed by atoms with Gasteiger partial charge in [0.25, 0.3) is 5.91 Å². The highest BCUT2D eigenvalue weighted by atomic mass is 16.5. The fourth-order valence-corrected chi connectivity index (χ4v) is 3.25. The van der Waals surface area contributed by atoms with Crippen molar-refractivity contribution in [3.05, 3.63) is 60.7 Å². The molecule has 3 aromatic rings. The van der Waals surface area contributed by atoms with Crippen molar-refractivity contribution in [1.29, 1.82) is 0 Å². The van der Waals surface area contributed by atoms with Crippen LogP contribution in [-0.4, -0.2) is 38.6 Å². The van der Waals surface area contributed by atoms with Gasteiger partial charge in [0.05, 0.1) is 19.9 Å². The molecule has 33 heavy (non-hydrogen) atoms. The first kappa shape index (κ1) is 23.6. The predicted octanol–water partition coefficient (Wildman–Crippen LogP) is 4.15. The summed E-state index contributed by atoms with van der Waals surface area (Å²) in [4.78, 5) is 36.3. The SMILES string of the molecule is COc1ccc(NC(=O)COC(=O)CCCC(=O)Nc2cccc3ccccc23)c(OC)c1. The van der Waals surface area contributed by atoms with Crippen LogP contribution in [0, 0.1) is 0 Å². The number of nitrogens with one attached hydrogen (secondary N) is 2. The molecule has 8 nitrogen and oxygen atoms in total. The van der Waals surface area contributed by atoms with Crippen molar-refractivity contribution in [1.82, 2.24) is 0 Å². The Morgan fingerprint density at radius 2 is 1.55 bits per heavy atom. The molecule has 2 N–H and O–H groups in total. The molecule has 0 bridgehead atoms. The lowest BCUT2D eigenvalue weighted by Crippen LogP contribution is -2.21. The maximum absolute atomic E-state index is 12.3. The van der Waals surface area contributed by atoms with Crippen LogP contribution in [0.3, 0.4) is 0 Å². The minimum Gasteiger partial charge on any atom is -0.497 e. The molecule has 0 fully saturated rings. The van der Waals surface area contributed by atoms with E-state index in [9.17, 15) is 14.4 Å². The lowest BCUT2D eigenvalue weighted by atomic mass is 10.1. The van der Waals surface area contributed by atoms with Crippen LogP contribution in [0.1, 0.15) is 19.3 Å². The van der Waals surface area contributed by atoms with Crippen LogP contribution in [0.4, 0.5) is 11.4 Å². The summed E-state index contributed by atoms with van der Waals surface area (Å²) in [6.45, 7) is -0.434. The molecule has 8 heteroatoms. The molecule has 3 aromatic carbocycles. The maximum atomic E-state index is 12.3. The Morgan fingerprint density at radius 3 is 2.33 bits per heavy atom. The van der Waals surface area contributed by atoms with Crippen LogP contribution in [0.15, 0.2) is 60.7 Å². The smallest absolute Gasteiger partial charge is 0.306 e. The van der Waals surface area contributed by atoms with Crippen LogP contribution in [-0.2, 0) is 19.1 Å². The number of methoxy groups -OCH3 is 2. The van der Waals surface area contributed by atoms with E-state index in [0.717, 1.165) is 16.5 Å². The summed E-state index contributed by atoms with van der Waals surface area (Å²) in [5.41, 5.74) is 1.16. The monoisotopic (exact) mass is 450 g/mol.